The molecule has 0 radical (unpaired) electrons. The summed E-state index contributed by atoms with van der Waals surface area (Å²) in [5, 5.41) is 0. The molecule has 0 N–H and O–H groups in total. The van der Waals surface area contributed by atoms with Gasteiger partial charge >= 0.3 is 5.97 Å². The smallest absolute Gasteiger partial charge is 0.306 e. The van der Waals surface area contributed by atoms with Crippen LogP contribution in [0.4, 0.5) is 0 Å². The Morgan fingerprint density at radius 2 is 2.60 bits per heavy atom. The molecule has 0 amide bonds. The number of hydrogen-bond acceptors (Lipinski definition) is 2. The lowest BCUT2D eigenvalue weighted by atomic mass is 9.99. The Morgan fingerprint density at radius 1 is 1.90 bits per heavy atom. The van der Waals surface area contributed by atoms with E-state index < -0.39 is 0 Å². The van der Waals surface area contributed by atoms with E-state index in [4.69, 9.17) is 4.74 Å². The van der Waals surface area contributed by atoms with Gasteiger partial charge in [0.15, 0.2) is 0 Å². The molecule has 0 aliphatic carbocycles. The molecule has 1 aliphatic rings. The molecule has 0 saturated carbocycles. The molecule has 0 aromatic carbocycles. The number of ether oxygens (including phenoxy) is 1. The summed E-state index contributed by atoms with van der Waals surface area (Å²) in [6.45, 7) is 5.55. The molecule has 0 spiro atoms. The molecule has 1 saturated heterocycles. The van der Waals surface area contributed by atoms with Crippen LogP contribution < -0.4 is 0 Å². The Bertz CT molecular complexity index is 151. The molecule has 0 bridgehead atoms. The number of esters is 1. The van der Waals surface area contributed by atoms with Gasteiger partial charge in [-0.05, 0) is 13.3 Å². The highest BCUT2D eigenvalue weighted by atomic mass is 16.5. The van der Waals surface area contributed by atoms with E-state index in [1.807, 2.05) is 13.0 Å². The van der Waals surface area contributed by atoms with Crippen molar-refractivity contribution in [2.75, 3.05) is 0 Å². The van der Waals surface area contributed by atoms with Crippen molar-refractivity contribution in [3.8, 4) is 0 Å². The van der Waals surface area contributed by atoms with Crippen molar-refractivity contribution in [2.24, 2.45) is 5.92 Å². The van der Waals surface area contributed by atoms with Crippen molar-refractivity contribution in [3.63, 3.8) is 0 Å². The highest BCUT2D eigenvalue weighted by Crippen LogP contribution is 2.24. The van der Waals surface area contributed by atoms with Crippen molar-refractivity contribution in [1.29, 1.82) is 0 Å². The van der Waals surface area contributed by atoms with Crippen LogP contribution in [0.5, 0.6) is 0 Å². The fourth-order valence-corrected chi connectivity index (χ4v) is 1.22. The number of hydrogen-bond donors (Lipinski definition) is 0. The second-order valence-electron chi connectivity index (χ2n) is 2.68. The first-order chi connectivity index (χ1) is 4.74. The zero-order valence-corrected chi connectivity index (χ0v) is 6.17. The number of cyclic esters (lactones) is 1. The predicted octanol–water partition coefficient (Wildman–Crippen LogP) is 1.51. The van der Waals surface area contributed by atoms with Crippen molar-refractivity contribution in [3.05, 3.63) is 12.7 Å². The van der Waals surface area contributed by atoms with Gasteiger partial charge < -0.3 is 4.74 Å². The summed E-state index contributed by atoms with van der Waals surface area (Å²) >= 11 is 0. The average Bonchev–Trinajstić information content (AvgIpc) is 2.13. The SMILES string of the molecule is C=CC[C@H]1CC(=O)O[C@H]1C. The lowest BCUT2D eigenvalue weighted by Crippen LogP contribution is -2.09. The van der Waals surface area contributed by atoms with Crippen LogP contribution in [0.3, 0.4) is 0 Å². The summed E-state index contributed by atoms with van der Waals surface area (Å²) in [5.74, 6) is 0.296. The van der Waals surface area contributed by atoms with Crippen molar-refractivity contribution < 1.29 is 9.53 Å². The third kappa shape index (κ3) is 1.38. The second-order valence-corrected chi connectivity index (χ2v) is 2.68. The van der Waals surface area contributed by atoms with Crippen molar-refractivity contribution >= 4 is 5.97 Å². The Balaban J connectivity index is 2.45. The predicted molar refractivity (Wildman–Crippen MR) is 38.5 cm³/mol. The highest BCUT2D eigenvalue weighted by Gasteiger charge is 2.29. The van der Waals surface area contributed by atoms with Crippen LogP contribution in [-0.4, -0.2) is 12.1 Å². The lowest BCUT2D eigenvalue weighted by Gasteiger charge is -2.08. The number of rotatable bonds is 2. The molecule has 0 aromatic rings. The van der Waals surface area contributed by atoms with E-state index in [1.54, 1.807) is 0 Å². The minimum atomic E-state index is -0.0700. The van der Waals surface area contributed by atoms with Gasteiger partial charge in [0.25, 0.3) is 0 Å². The van der Waals surface area contributed by atoms with Crippen LogP contribution in [0.15, 0.2) is 12.7 Å². The maximum absolute atomic E-state index is 10.7. The Labute approximate surface area is 60.9 Å². The molecule has 2 nitrogen and oxygen atoms in total. The summed E-state index contributed by atoms with van der Waals surface area (Å²) < 4.78 is 4.94. The van der Waals surface area contributed by atoms with Crippen LogP contribution in [-0.2, 0) is 9.53 Å². The van der Waals surface area contributed by atoms with Gasteiger partial charge in [-0.2, -0.15) is 0 Å². The second kappa shape index (κ2) is 2.86. The van der Waals surface area contributed by atoms with Gasteiger partial charge in [0, 0.05) is 5.92 Å². The van der Waals surface area contributed by atoms with Gasteiger partial charge in [-0.25, -0.2) is 0 Å². The van der Waals surface area contributed by atoms with Gasteiger partial charge in [0.1, 0.15) is 6.10 Å². The lowest BCUT2D eigenvalue weighted by molar-refractivity contribution is -0.140. The topological polar surface area (TPSA) is 26.3 Å². The molecule has 2 heteroatoms. The highest BCUT2D eigenvalue weighted by molar-refractivity contribution is 5.72. The van der Waals surface area contributed by atoms with E-state index in [2.05, 4.69) is 6.58 Å². The van der Waals surface area contributed by atoms with E-state index in [0.717, 1.165) is 6.42 Å². The van der Waals surface area contributed by atoms with Gasteiger partial charge in [0.2, 0.25) is 0 Å². The molecule has 1 heterocycles. The fraction of sp³-hybridized carbons (Fsp3) is 0.625. The largest absolute Gasteiger partial charge is 0.462 e. The molecule has 2 atom stereocenters. The van der Waals surface area contributed by atoms with Crippen LogP contribution in [0.25, 0.3) is 0 Å². The van der Waals surface area contributed by atoms with E-state index in [-0.39, 0.29) is 12.1 Å². The monoisotopic (exact) mass is 140 g/mol. The summed E-state index contributed by atoms with van der Waals surface area (Å²) in [4.78, 5) is 10.7. The fourth-order valence-electron chi connectivity index (χ4n) is 1.22. The van der Waals surface area contributed by atoms with Crippen molar-refractivity contribution in [2.45, 2.75) is 25.9 Å². The molecule has 0 unspecified atom stereocenters. The summed E-state index contributed by atoms with van der Waals surface area (Å²) in [7, 11) is 0. The molecular formula is C8H12O2. The van der Waals surface area contributed by atoms with Crippen LogP contribution in [0, 0.1) is 5.92 Å². The third-order valence-electron chi connectivity index (χ3n) is 1.88. The maximum atomic E-state index is 10.7. The molecule has 0 aromatic heterocycles. The molecule has 1 fully saturated rings. The minimum Gasteiger partial charge on any atom is -0.462 e. The number of allylic oxidation sites excluding steroid dienone is 1. The zero-order chi connectivity index (χ0) is 7.56. The zero-order valence-electron chi connectivity index (χ0n) is 6.17. The first-order valence-corrected chi connectivity index (χ1v) is 3.54. The van der Waals surface area contributed by atoms with E-state index in [0.29, 0.717) is 12.3 Å². The minimum absolute atomic E-state index is 0.0700. The van der Waals surface area contributed by atoms with E-state index >= 15 is 0 Å². The van der Waals surface area contributed by atoms with E-state index in [9.17, 15) is 4.79 Å². The average molecular weight is 140 g/mol. The number of carbonyl (C=O) groups is 1. The normalized spacial score (nSPS) is 31.9. The Kier molecular flexibility index (Phi) is 2.10. The quantitative estimate of drug-likeness (QED) is 0.429. The summed E-state index contributed by atoms with van der Waals surface area (Å²) in [5.41, 5.74) is 0. The summed E-state index contributed by atoms with van der Waals surface area (Å²) in [6.07, 6.45) is 3.37. The van der Waals surface area contributed by atoms with Crippen molar-refractivity contribution in [1.82, 2.24) is 0 Å². The molecule has 10 heavy (non-hydrogen) atoms. The Hall–Kier alpha value is -0.790. The van der Waals surface area contributed by atoms with E-state index in [1.165, 1.54) is 0 Å². The van der Waals surface area contributed by atoms with Crippen LogP contribution >= 0.6 is 0 Å². The molecular weight excluding hydrogens is 128 g/mol. The third-order valence-corrected chi connectivity index (χ3v) is 1.88. The van der Waals surface area contributed by atoms with Gasteiger partial charge in [0.05, 0.1) is 6.42 Å². The standard InChI is InChI=1S/C8H12O2/c1-3-4-7-5-8(9)10-6(7)2/h3,6-7H,1,4-5H2,2H3/t6-,7-/m0/s1. The first kappa shape index (κ1) is 7.32. The van der Waals surface area contributed by atoms with Crippen LogP contribution in [0.1, 0.15) is 19.8 Å². The number of carbonyl (C=O) groups excluding carboxylic acids is 1. The molecule has 56 valence electrons. The molecule has 1 rings (SSSR count). The summed E-state index contributed by atoms with van der Waals surface area (Å²) in [6, 6.07) is 0. The first-order valence-electron chi connectivity index (χ1n) is 3.54. The maximum Gasteiger partial charge on any atom is 0.306 e. The Morgan fingerprint density at radius 3 is 3.00 bits per heavy atom. The van der Waals surface area contributed by atoms with Gasteiger partial charge in [-0.15, -0.1) is 6.58 Å². The van der Waals surface area contributed by atoms with Gasteiger partial charge in [-0.1, -0.05) is 6.08 Å². The van der Waals surface area contributed by atoms with Gasteiger partial charge in [-0.3, -0.25) is 4.79 Å². The molecule has 1 aliphatic heterocycles. The van der Waals surface area contributed by atoms with Crippen LogP contribution in [0.2, 0.25) is 0 Å².